The highest BCUT2D eigenvalue weighted by Gasteiger charge is 2.20. The Bertz CT molecular complexity index is 562. The second-order valence-corrected chi connectivity index (χ2v) is 6.49. The van der Waals surface area contributed by atoms with Gasteiger partial charge >= 0.3 is 0 Å². The number of nitrogens with one attached hydrogen (secondary N) is 2. The molecule has 0 unspecified atom stereocenters. The SMILES string of the molecule is Cc1cc([C@@H](C)NC(=O)[C@@H](C)NS(C)(=O)=O)c(C)o1. The standard InChI is InChI=1S/C12H20N2O4S/c1-7-6-11(10(4)18-7)8(2)13-12(15)9(3)14-19(5,16)17/h6,8-9,14H,1-5H3,(H,13,15)/t8-,9-/m1/s1. The third-order valence-corrected chi connectivity index (χ3v) is 3.47. The van der Waals surface area contributed by atoms with Crippen LogP contribution in [0.25, 0.3) is 0 Å². The Kier molecular flexibility index (Phi) is 4.75. The first-order valence-corrected chi connectivity index (χ1v) is 7.84. The van der Waals surface area contributed by atoms with E-state index in [1.54, 1.807) is 0 Å². The summed E-state index contributed by atoms with van der Waals surface area (Å²) >= 11 is 0. The zero-order valence-electron chi connectivity index (χ0n) is 11.8. The Hall–Kier alpha value is -1.34. The van der Waals surface area contributed by atoms with Crippen LogP contribution in [0.5, 0.6) is 0 Å². The van der Waals surface area contributed by atoms with Crippen molar-refractivity contribution in [1.82, 2.24) is 10.0 Å². The summed E-state index contributed by atoms with van der Waals surface area (Å²) in [6.45, 7) is 6.97. The van der Waals surface area contributed by atoms with Gasteiger partial charge in [-0.2, -0.15) is 0 Å². The van der Waals surface area contributed by atoms with E-state index >= 15 is 0 Å². The fraction of sp³-hybridized carbons (Fsp3) is 0.583. The molecule has 1 aromatic heterocycles. The second kappa shape index (κ2) is 5.75. The largest absolute Gasteiger partial charge is 0.466 e. The fourth-order valence-electron chi connectivity index (χ4n) is 1.87. The normalized spacial score (nSPS) is 15.0. The zero-order valence-corrected chi connectivity index (χ0v) is 12.6. The number of amides is 1. The van der Waals surface area contributed by atoms with Gasteiger partial charge in [0.1, 0.15) is 11.5 Å². The first-order chi connectivity index (χ1) is 8.60. The average Bonchev–Trinajstić information content (AvgIpc) is 2.55. The van der Waals surface area contributed by atoms with E-state index in [-0.39, 0.29) is 11.9 Å². The summed E-state index contributed by atoms with van der Waals surface area (Å²) < 4.78 is 29.7. The van der Waals surface area contributed by atoms with Gasteiger partial charge in [0.15, 0.2) is 0 Å². The molecule has 0 radical (unpaired) electrons. The first kappa shape index (κ1) is 15.7. The number of hydrogen-bond acceptors (Lipinski definition) is 4. The molecule has 108 valence electrons. The highest BCUT2D eigenvalue weighted by Crippen LogP contribution is 2.21. The Morgan fingerprint density at radius 2 is 1.89 bits per heavy atom. The topological polar surface area (TPSA) is 88.4 Å². The van der Waals surface area contributed by atoms with E-state index in [9.17, 15) is 13.2 Å². The highest BCUT2D eigenvalue weighted by molar-refractivity contribution is 7.88. The van der Waals surface area contributed by atoms with Gasteiger partial charge in [0.2, 0.25) is 15.9 Å². The van der Waals surface area contributed by atoms with Gasteiger partial charge in [-0.3, -0.25) is 4.79 Å². The van der Waals surface area contributed by atoms with Gasteiger partial charge in [0.25, 0.3) is 0 Å². The monoisotopic (exact) mass is 288 g/mol. The Morgan fingerprint density at radius 1 is 1.32 bits per heavy atom. The number of furan rings is 1. The van der Waals surface area contributed by atoms with Gasteiger partial charge in [-0.15, -0.1) is 0 Å². The Labute approximate surface area is 113 Å². The van der Waals surface area contributed by atoms with Crippen LogP contribution in [0.15, 0.2) is 10.5 Å². The maximum atomic E-state index is 11.9. The molecule has 1 rings (SSSR count). The summed E-state index contributed by atoms with van der Waals surface area (Å²) in [5.74, 6) is 1.14. The molecule has 6 nitrogen and oxygen atoms in total. The van der Waals surface area contributed by atoms with E-state index in [0.717, 1.165) is 23.3 Å². The van der Waals surface area contributed by atoms with E-state index in [1.165, 1.54) is 6.92 Å². The molecule has 1 aromatic rings. The molecule has 0 aromatic carbocycles. The van der Waals surface area contributed by atoms with Crippen molar-refractivity contribution >= 4 is 15.9 Å². The molecule has 0 aliphatic carbocycles. The lowest BCUT2D eigenvalue weighted by Gasteiger charge is -2.17. The third kappa shape index (κ3) is 4.68. The molecular weight excluding hydrogens is 268 g/mol. The summed E-state index contributed by atoms with van der Waals surface area (Å²) in [6, 6.07) is 0.800. The zero-order chi connectivity index (χ0) is 14.8. The van der Waals surface area contributed by atoms with Crippen molar-refractivity contribution in [2.24, 2.45) is 0 Å². The lowest BCUT2D eigenvalue weighted by atomic mass is 10.1. The van der Waals surface area contributed by atoms with Gasteiger partial charge in [-0.05, 0) is 33.8 Å². The minimum absolute atomic E-state index is 0.242. The van der Waals surface area contributed by atoms with Crippen molar-refractivity contribution in [3.05, 3.63) is 23.2 Å². The van der Waals surface area contributed by atoms with Crippen LogP contribution in [0.4, 0.5) is 0 Å². The molecule has 19 heavy (non-hydrogen) atoms. The number of carbonyl (C=O) groups is 1. The third-order valence-electron chi connectivity index (χ3n) is 2.69. The van der Waals surface area contributed by atoms with Crippen molar-refractivity contribution in [3.8, 4) is 0 Å². The van der Waals surface area contributed by atoms with E-state index < -0.39 is 16.1 Å². The molecular formula is C12H20N2O4S. The molecule has 0 aliphatic heterocycles. The maximum Gasteiger partial charge on any atom is 0.238 e. The molecule has 0 fully saturated rings. The van der Waals surface area contributed by atoms with E-state index in [2.05, 4.69) is 10.0 Å². The molecule has 1 heterocycles. The number of aryl methyl sites for hydroxylation is 2. The van der Waals surface area contributed by atoms with E-state index in [4.69, 9.17) is 4.42 Å². The van der Waals surface area contributed by atoms with Crippen LogP contribution in [-0.2, 0) is 14.8 Å². The molecule has 1 amide bonds. The Morgan fingerprint density at radius 3 is 2.32 bits per heavy atom. The van der Waals surface area contributed by atoms with Crippen LogP contribution in [-0.4, -0.2) is 26.6 Å². The maximum absolute atomic E-state index is 11.9. The minimum Gasteiger partial charge on any atom is -0.466 e. The number of rotatable bonds is 5. The van der Waals surface area contributed by atoms with Crippen molar-refractivity contribution in [3.63, 3.8) is 0 Å². The smallest absolute Gasteiger partial charge is 0.238 e. The molecule has 7 heteroatoms. The lowest BCUT2D eigenvalue weighted by Crippen LogP contribution is -2.45. The van der Waals surface area contributed by atoms with Crippen LogP contribution in [0.2, 0.25) is 0 Å². The summed E-state index contributed by atoms with van der Waals surface area (Å²) in [5.41, 5.74) is 0.886. The van der Waals surface area contributed by atoms with Crippen LogP contribution in [0, 0.1) is 13.8 Å². The van der Waals surface area contributed by atoms with Crippen molar-refractivity contribution in [2.45, 2.75) is 39.8 Å². The summed E-state index contributed by atoms with van der Waals surface area (Å²) in [7, 11) is -3.40. The summed E-state index contributed by atoms with van der Waals surface area (Å²) in [6.07, 6.45) is 1.02. The van der Waals surface area contributed by atoms with Gasteiger partial charge in [-0.1, -0.05) is 0 Å². The van der Waals surface area contributed by atoms with Gasteiger partial charge in [0.05, 0.1) is 18.3 Å². The quantitative estimate of drug-likeness (QED) is 0.846. The molecule has 0 aliphatic rings. The van der Waals surface area contributed by atoms with E-state index in [0.29, 0.717) is 0 Å². The molecule has 0 saturated heterocycles. The lowest BCUT2D eigenvalue weighted by molar-refractivity contribution is -0.123. The summed E-state index contributed by atoms with van der Waals surface area (Å²) in [4.78, 5) is 11.9. The van der Waals surface area contributed by atoms with Crippen molar-refractivity contribution < 1.29 is 17.6 Å². The Balaban J connectivity index is 2.69. The van der Waals surface area contributed by atoms with Crippen LogP contribution in [0.1, 0.15) is 37.0 Å². The van der Waals surface area contributed by atoms with Gasteiger partial charge in [-0.25, -0.2) is 13.1 Å². The minimum atomic E-state index is -3.40. The predicted molar refractivity (Wildman–Crippen MR) is 72.2 cm³/mol. The van der Waals surface area contributed by atoms with Crippen molar-refractivity contribution in [1.29, 1.82) is 0 Å². The highest BCUT2D eigenvalue weighted by atomic mass is 32.2. The van der Waals surface area contributed by atoms with Crippen molar-refractivity contribution in [2.75, 3.05) is 6.26 Å². The first-order valence-electron chi connectivity index (χ1n) is 5.94. The van der Waals surface area contributed by atoms with Crippen LogP contribution >= 0.6 is 0 Å². The average molecular weight is 288 g/mol. The van der Waals surface area contributed by atoms with Gasteiger partial charge in [0, 0.05) is 5.56 Å². The number of sulfonamides is 1. The second-order valence-electron chi connectivity index (χ2n) is 4.71. The van der Waals surface area contributed by atoms with Gasteiger partial charge < -0.3 is 9.73 Å². The fourth-order valence-corrected chi connectivity index (χ4v) is 2.62. The molecule has 0 saturated carbocycles. The van der Waals surface area contributed by atoms with Crippen LogP contribution in [0.3, 0.4) is 0 Å². The molecule has 2 atom stereocenters. The molecule has 2 N–H and O–H groups in total. The number of carbonyl (C=O) groups excluding carboxylic acids is 1. The van der Waals surface area contributed by atoms with E-state index in [1.807, 2.05) is 26.8 Å². The van der Waals surface area contributed by atoms with Crippen LogP contribution < -0.4 is 10.0 Å². The summed E-state index contributed by atoms with van der Waals surface area (Å²) in [5, 5.41) is 2.75. The molecule has 0 bridgehead atoms. The predicted octanol–water partition coefficient (Wildman–Crippen LogP) is 1.01. The molecule has 0 spiro atoms. The number of hydrogen-bond donors (Lipinski definition) is 2.